The molecule has 0 atom stereocenters. The summed E-state index contributed by atoms with van der Waals surface area (Å²) in [6.45, 7) is 5.56. The molecule has 1 N–H and O–H groups in total. The number of fused-ring (bicyclic) bond motifs is 1. The maximum absolute atomic E-state index is 12.2. The molecule has 146 valence electrons. The van der Waals surface area contributed by atoms with Crippen LogP contribution < -0.4 is 5.32 Å². The second-order valence-corrected chi connectivity index (χ2v) is 7.56. The van der Waals surface area contributed by atoms with Crippen LogP contribution in [-0.2, 0) is 11.3 Å². The first kappa shape index (κ1) is 18.9. The smallest absolute Gasteiger partial charge is 0.225 e. The molecule has 0 spiro atoms. The number of carbonyl (C=O) groups is 1. The van der Waals surface area contributed by atoms with Gasteiger partial charge in [0.25, 0.3) is 0 Å². The minimum Gasteiger partial charge on any atom is -0.326 e. The summed E-state index contributed by atoms with van der Waals surface area (Å²) in [6.07, 6.45) is 4.61. The van der Waals surface area contributed by atoms with Crippen LogP contribution in [0.4, 0.5) is 5.69 Å². The fourth-order valence-corrected chi connectivity index (χ4v) is 3.70. The Balaban J connectivity index is 1.20. The summed E-state index contributed by atoms with van der Waals surface area (Å²) < 4.78 is 2.06. The molecule has 1 amide bonds. The maximum atomic E-state index is 12.2. The van der Waals surface area contributed by atoms with Crippen molar-refractivity contribution in [3.8, 4) is 0 Å². The van der Waals surface area contributed by atoms with E-state index in [4.69, 9.17) is 11.6 Å². The number of anilines is 1. The Labute approximate surface area is 169 Å². The second kappa shape index (κ2) is 8.73. The Morgan fingerprint density at radius 3 is 2.68 bits per heavy atom. The van der Waals surface area contributed by atoms with Crippen LogP contribution in [0, 0.1) is 0 Å². The van der Waals surface area contributed by atoms with Crippen molar-refractivity contribution in [3.63, 3.8) is 0 Å². The number of imidazole rings is 1. The van der Waals surface area contributed by atoms with E-state index in [9.17, 15) is 4.79 Å². The molecule has 1 aliphatic rings. The average Bonchev–Trinajstić information content (AvgIpc) is 3.10. The third-order valence-corrected chi connectivity index (χ3v) is 5.26. The fraction of sp³-hybridized carbons (Fsp3) is 0.333. The molecule has 2 aromatic heterocycles. The van der Waals surface area contributed by atoms with Gasteiger partial charge in [0.15, 0.2) is 0 Å². The van der Waals surface area contributed by atoms with Crippen LogP contribution in [0.1, 0.15) is 12.1 Å². The van der Waals surface area contributed by atoms with Crippen LogP contribution in [0.25, 0.3) is 5.65 Å². The standard InChI is InChI=1S/C21H24ClN5O/c22-17-4-3-5-18(14-17)24-21(28)7-9-25-10-12-26(13-11-25)15-19-16-27-8-2-1-6-20(27)23-19/h1-6,8,14,16H,7,9-13,15H2,(H,24,28). The van der Waals surface area contributed by atoms with Crippen molar-refractivity contribution >= 4 is 28.8 Å². The summed E-state index contributed by atoms with van der Waals surface area (Å²) in [5.41, 5.74) is 2.83. The van der Waals surface area contributed by atoms with Crippen molar-refractivity contribution in [2.75, 3.05) is 38.0 Å². The topological polar surface area (TPSA) is 52.9 Å². The Kier molecular flexibility index (Phi) is 5.90. The lowest BCUT2D eigenvalue weighted by molar-refractivity contribution is -0.116. The number of halogens is 1. The first-order valence-corrected chi connectivity index (χ1v) is 9.96. The highest BCUT2D eigenvalue weighted by molar-refractivity contribution is 6.30. The van der Waals surface area contributed by atoms with E-state index in [1.165, 1.54) is 0 Å². The van der Waals surface area contributed by atoms with Crippen LogP contribution in [0.5, 0.6) is 0 Å². The van der Waals surface area contributed by atoms with Gasteiger partial charge in [-0.1, -0.05) is 23.7 Å². The van der Waals surface area contributed by atoms with Gasteiger partial charge in [-0.25, -0.2) is 4.98 Å². The summed E-state index contributed by atoms with van der Waals surface area (Å²) in [5, 5.41) is 3.53. The molecule has 6 nitrogen and oxygen atoms in total. The molecule has 0 unspecified atom stereocenters. The van der Waals surface area contributed by atoms with E-state index >= 15 is 0 Å². The molecule has 7 heteroatoms. The van der Waals surface area contributed by atoms with Gasteiger partial charge in [-0.2, -0.15) is 0 Å². The van der Waals surface area contributed by atoms with Crippen molar-refractivity contribution in [2.45, 2.75) is 13.0 Å². The average molecular weight is 398 g/mol. The molecule has 1 fully saturated rings. The number of hydrogen-bond donors (Lipinski definition) is 1. The zero-order valence-corrected chi connectivity index (χ0v) is 16.5. The highest BCUT2D eigenvalue weighted by Gasteiger charge is 2.18. The summed E-state index contributed by atoms with van der Waals surface area (Å²) in [5.74, 6) is 0.0226. The predicted molar refractivity (Wildman–Crippen MR) is 112 cm³/mol. The molecule has 0 saturated carbocycles. The van der Waals surface area contributed by atoms with E-state index in [1.807, 2.05) is 36.5 Å². The lowest BCUT2D eigenvalue weighted by atomic mass is 10.2. The van der Waals surface area contributed by atoms with Crippen LogP contribution in [0.15, 0.2) is 54.9 Å². The quantitative estimate of drug-likeness (QED) is 0.694. The summed E-state index contributed by atoms with van der Waals surface area (Å²) in [4.78, 5) is 21.6. The van der Waals surface area contributed by atoms with Gasteiger partial charge in [0.2, 0.25) is 5.91 Å². The predicted octanol–water partition coefficient (Wildman–Crippen LogP) is 3.13. The highest BCUT2D eigenvalue weighted by atomic mass is 35.5. The molecule has 0 aliphatic carbocycles. The SMILES string of the molecule is O=C(CCN1CCN(Cc2cn3ccccc3n2)CC1)Nc1cccc(Cl)c1. The third-order valence-electron chi connectivity index (χ3n) is 5.03. The monoisotopic (exact) mass is 397 g/mol. The van der Waals surface area contributed by atoms with Gasteiger partial charge >= 0.3 is 0 Å². The van der Waals surface area contributed by atoms with Gasteiger partial charge in [-0.3, -0.25) is 9.69 Å². The molecule has 1 saturated heterocycles. The summed E-state index contributed by atoms with van der Waals surface area (Å²) in [7, 11) is 0. The number of carbonyl (C=O) groups excluding carboxylic acids is 1. The van der Waals surface area contributed by atoms with Gasteiger partial charge < -0.3 is 14.6 Å². The van der Waals surface area contributed by atoms with E-state index in [0.717, 1.165) is 56.3 Å². The van der Waals surface area contributed by atoms with Gasteiger partial charge in [-0.15, -0.1) is 0 Å². The van der Waals surface area contributed by atoms with Gasteiger partial charge in [-0.05, 0) is 30.3 Å². The zero-order chi connectivity index (χ0) is 19.3. The Morgan fingerprint density at radius 1 is 1.07 bits per heavy atom. The van der Waals surface area contributed by atoms with E-state index in [1.54, 1.807) is 12.1 Å². The first-order chi connectivity index (χ1) is 13.7. The minimum atomic E-state index is 0.0226. The second-order valence-electron chi connectivity index (χ2n) is 7.12. The Morgan fingerprint density at radius 2 is 1.89 bits per heavy atom. The number of piperazine rings is 1. The van der Waals surface area contributed by atoms with Crippen LogP contribution in [0.2, 0.25) is 5.02 Å². The number of benzene rings is 1. The minimum absolute atomic E-state index is 0.0226. The van der Waals surface area contributed by atoms with Crippen molar-refractivity contribution in [2.24, 2.45) is 0 Å². The largest absolute Gasteiger partial charge is 0.326 e. The molecule has 4 rings (SSSR count). The van der Waals surface area contributed by atoms with Crippen molar-refractivity contribution in [1.82, 2.24) is 19.2 Å². The molecule has 0 bridgehead atoms. The van der Waals surface area contributed by atoms with Crippen LogP contribution in [-0.4, -0.2) is 57.8 Å². The first-order valence-electron chi connectivity index (χ1n) is 9.58. The number of hydrogen-bond acceptors (Lipinski definition) is 4. The van der Waals surface area contributed by atoms with Gasteiger partial charge in [0.05, 0.1) is 5.69 Å². The molecule has 0 radical (unpaired) electrons. The van der Waals surface area contributed by atoms with Gasteiger partial charge in [0.1, 0.15) is 5.65 Å². The molecule has 3 aromatic rings. The number of rotatable bonds is 6. The summed E-state index contributed by atoms with van der Waals surface area (Å²) >= 11 is 5.95. The van der Waals surface area contributed by atoms with E-state index in [2.05, 4.69) is 30.7 Å². The lowest BCUT2D eigenvalue weighted by Gasteiger charge is -2.34. The molecule has 3 heterocycles. The van der Waals surface area contributed by atoms with Crippen molar-refractivity contribution in [1.29, 1.82) is 0 Å². The van der Waals surface area contributed by atoms with E-state index in [0.29, 0.717) is 11.4 Å². The molecule has 1 aromatic carbocycles. The van der Waals surface area contributed by atoms with Crippen molar-refractivity contribution in [3.05, 3.63) is 65.6 Å². The zero-order valence-electron chi connectivity index (χ0n) is 15.7. The maximum Gasteiger partial charge on any atom is 0.225 e. The number of nitrogens with one attached hydrogen (secondary N) is 1. The summed E-state index contributed by atoms with van der Waals surface area (Å²) in [6, 6.07) is 13.3. The lowest BCUT2D eigenvalue weighted by Crippen LogP contribution is -2.46. The normalized spacial score (nSPS) is 15.8. The molecule has 1 aliphatic heterocycles. The van der Waals surface area contributed by atoms with Crippen molar-refractivity contribution < 1.29 is 4.79 Å². The number of amides is 1. The molecule has 28 heavy (non-hydrogen) atoms. The van der Waals surface area contributed by atoms with Crippen LogP contribution >= 0.6 is 11.6 Å². The fourth-order valence-electron chi connectivity index (χ4n) is 3.51. The van der Waals surface area contributed by atoms with Gasteiger partial charge in [0, 0.05) is 68.8 Å². The molecular formula is C21H24ClN5O. The van der Waals surface area contributed by atoms with Crippen LogP contribution in [0.3, 0.4) is 0 Å². The molecular weight excluding hydrogens is 374 g/mol. The Hall–Kier alpha value is -2.41. The highest BCUT2D eigenvalue weighted by Crippen LogP contribution is 2.15. The van der Waals surface area contributed by atoms with E-state index < -0.39 is 0 Å². The number of nitrogens with zero attached hydrogens (tertiary/aromatic N) is 4. The Bertz CT molecular complexity index is 916. The van der Waals surface area contributed by atoms with E-state index in [-0.39, 0.29) is 5.91 Å². The third kappa shape index (κ3) is 4.90. The number of pyridine rings is 1. The number of aromatic nitrogens is 2.